The van der Waals surface area contributed by atoms with Crippen molar-refractivity contribution in [1.29, 1.82) is 0 Å². The molecular weight excluding hydrogens is 277 g/mol. The molecular formula is C9H6BrClF2O. The first-order valence-electron chi connectivity index (χ1n) is 3.83. The topological polar surface area (TPSA) is 17.1 Å². The van der Waals surface area contributed by atoms with Gasteiger partial charge in [0, 0.05) is 6.42 Å². The number of hydrogen-bond donors (Lipinski definition) is 0. The van der Waals surface area contributed by atoms with Crippen LogP contribution in [0.5, 0.6) is 0 Å². The average molecular weight is 283 g/mol. The van der Waals surface area contributed by atoms with E-state index < -0.39 is 16.9 Å². The summed E-state index contributed by atoms with van der Waals surface area (Å²) in [4.78, 5) is 10.4. The summed E-state index contributed by atoms with van der Waals surface area (Å²) in [5.41, 5.74) is 0.271. The number of carbonyl (C=O) groups excluding carboxylic acids is 1. The highest BCUT2D eigenvalue weighted by Crippen LogP contribution is 2.23. The van der Waals surface area contributed by atoms with Crippen LogP contribution >= 0.6 is 27.5 Å². The summed E-state index contributed by atoms with van der Waals surface area (Å²) in [6, 6.07) is 2.44. The molecule has 14 heavy (non-hydrogen) atoms. The average Bonchev–Trinajstić information content (AvgIpc) is 2.13. The summed E-state index contributed by atoms with van der Waals surface area (Å²) < 4.78 is 25.8. The SMILES string of the molecule is O=C(Cl)CCc1ccc(F)c(Br)c1F. The Morgan fingerprint density at radius 1 is 1.43 bits per heavy atom. The van der Waals surface area contributed by atoms with E-state index in [9.17, 15) is 13.6 Å². The molecule has 1 rings (SSSR count). The lowest BCUT2D eigenvalue weighted by Crippen LogP contribution is -1.97. The Bertz CT molecular complexity index is 368. The van der Waals surface area contributed by atoms with Crippen LogP contribution in [0, 0.1) is 11.6 Å². The maximum Gasteiger partial charge on any atom is 0.221 e. The van der Waals surface area contributed by atoms with Crippen molar-refractivity contribution in [2.75, 3.05) is 0 Å². The van der Waals surface area contributed by atoms with Crippen LogP contribution in [0.1, 0.15) is 12.0 Å². The second-order valence-electron chi connectivity index (χ2n) is 2.69. The maximum absolute atomic E-state index is 13.3. The van der Waals surface area contributed by atoms with Crippen molar-refractivity contribution in [1.82, 2.24) is 0 Å². The molecule has 0 unspecified atom stereocenters. The molecule has 0 amide bonds. The zero-order valence-corrected chi connectivity index (χ0v) is 9.33. The van der Waals surface area contributed by atoms with E-state index >= 15 is 0 Å². The third-order valence-corrected chi connectivity index (χ3v) is 2.62. The zero-order valence-electron chi connectivity index (χ0n) is 6.99. The number of halogens is 4. The van der Waals surface area contributed by atoms with Crippen molar-refractivity contribution in [2.45, 2.75) is 12.8 Å². The van der Waals surface area contributed by atoms with E-state index in [1.54, 1.807) is 0 Å². The molecule has 0 aromatic heterocycles. The van der Waals surface area contributed by atoms with Crippen LogP contribution in [0.2, 0.25) is 0 Å². The molecule has 0 aliphatic heterocycles. The quantitative estimate of drug-likeness (QED) is 0.613. The number of carbonyl (C=O) groups is 1. The Labute approximate surface area is 93.2 Å². The molecule has 0 spiro atoms. The number of aryl methyl sites for hydroxylation is 1. The van der Waals surface area contributed by atoms with Gasteiger partial charge in [-0.2, -0.15) is 0 Å². The highest BCUT2D eigenvalue weighted by atomic mass is 79.9. The summed E-state index contributed by atoms with van der Waals surface area (Å²) in [6.45, 7) is 0. The summed E-state index contributed by atoms with van der Waals surface area (Å²) >= 11 is 7.87. The van der Waals surface area contributed by atoms with Gasteiger partial charge in [0.25, 0.3) is 0 Å². The minimum atomic E-state index is -0.678. The minimum Gasteiger partial charge on any atom is -0.281 e. The molecule has 0 radical (unpaired) electrons. The van der Waals surface area contributed by atoms with E-state index in [-0.39, 0.29) is 22.9 Å². The summed E-state index contributed by atoms with van der Waals surface area (Å²) in [7, 11) is 0. The zero-order chi connectivity index (χ0) is 10.7. The highest BCUT2D eigenvalue weighted by molar-refractivity contribution is 9.10. The number of rotatable bonds is 3. The second-order valence-corrected chi connectivity index (χ2v) is 3.90. The normalized spacial score (nSPS) is 10.3. The summed E-state index contributed by atoms with van der Waals surface area (Å²) in [6.07, 6.45) is 0.212. The Morgan fingerprint density at radius 3 is 2.64 bits per heavy atom. The Hall–Kier alpha value is -0.480. The molecule has 1 aromatic rings. The van der Waals surface area contributed by atoms with Gasteiger partial charge in [0.15, 0.2) is 0 Å². The first-order valence-corrected chi connectivity index (χ1v) is 5.00. The molecule has 5 heteroatoms. The molecule has 0 bridgehead atoms. The second kappa shape index (κ2) is 4.84. The first-order chi connectivity index (χ1) is 6.52. The number of hydrogen-bond acceptors (Lipinski definition) is 1. The Balaban J connectivity index is 2.88. The predicted molar refractivity (Wildman–Crippen MR) is 53.2 cm³/mol. The van der Waals surface area contributed by atoms with Gasteiger partial charge in [0.1, 0.15) is 11.6 Å². The first kappa shape index (κ1) is 11.6. The van der Waals surface area contributed by atoms with Gasteiger partial charge >= 0.3 is 0 Å². The van der Waals surface area contributed by atoms with Gasteiger partial charge in [-0.3, -0.25) is 4.79 Å². The van der Waals surface area contributed by atoms with Crippen molar-refractivity contribution in [3.63, 3.8) is 0 Å². The third-order valence-electron chi connectivity index (χ3n) is 1.71. The van der Waals surface area contributed by atoms with Crippen molar-refractivity contribution in [3.05, 3.63) is 33.8 Å². The summed E-state index contributed by atoms with van der Waals surface area (Å²) in [5, 5.41) is -0.537. The van der Waals surface area contributed by atoms with E-state index in [0.29, 0.717) is 0 Å². The molecule has 76 valence electrons. The molecule has 1 nitrogen and oxygen atoms in total. The van der Waals surface area contributed by atoms with E-state index in [4.69, 9.17) is 11.6 Å². The van der Waals surface area contributed by atoms with Crippen molar-refractivity contribution in [3.8, 4) is 0 Å². The lowest BCUT2D eigenvalue weighted by atomic mass is 10.1. The monoisotopic (exact) mass is 282 g/mol. The largest absolute Gasteiger partial charge is 0.281 e. The molecule has 0 aliphatic rings. The standard InChI is InChI=1S/C9H6BrClF2O/c10-8-6(12)3-1-5(9(8)13)2-4-7(11)14/h1,3H,2,4H2. The lowest BCUT2D eigenvalue weighted by molar-refractivity contribution is -0.111. The Morgan fingerprint density at radius 2 is 2.07 bits per heavy atom. The molecule has 0 saturated carbocycles. The highest BCUT2D eigenvalue weighted by Gasteiger charge is 2.11. The molecule has 0 fully saturated rings. The number of benzene rings is 1. The van der Waals surface area contributed by atoms with Gasteiger partial charge in [-0.15, -0.1) is 0 Å². The fourth-order valence-electron chi connectivity index (χ4n) is 0.992. The van der Waals surface area contributed by atoms with E-state index in [1.807, 2.05) is 0 Å². The fourth-order valence-corrected chi connectivity index (χ4v) is 1.47. The van der Waals surface area contributed by atoms with Gasteiger partial charge in [0.2, 0.25) is 5.24 Å². The van der Waals surface area contributed by atoms with Crippen molar-refractivity contribution in [2.24, 2.45) is 0 Å². The molecule has 0 heterocycles. The third kappa shape index (κ3) is 2.75. The molecule has 0 atom stereocenters. The molecule has 0 saturated heterocycles. The lowest BCUT2D eigenvalue weighted by Gasteiger charge is -2.03. The van der Waals surface area contributed by atoms with E-state index in [0.717, 1.165) is 6.07 Å². The molecule has 0 aliphatic carbocycles. The van der Waals surface area contributed by atoms with Crippen LogP contribution in [0.4, 0.5) is 8.78 Å². The van der Waals surface area contributed by atoms with Crippen molar-refractivity contribution >= 4 is 32.8 Å². The van der Waals surface area contributed by atoms with Crippen LogP contribution in [0.3, 0.4) is 0 Å². The van der Waals surface area contributed by atoms with Crippen molar-refractivity contribution < 1.29 is 13.6 Å². The molecule has 0 N–H and O–H groups in total. The van der Waals surface area contributed by atoms with Crippen LogP contribution < -0.4 is 0 Å². The minimum absolute atomic E-state index is 0.0382. The smallest absolute Gasteiger partial charge is 0.221 e. The van der Waals surface area contributed by atoms with Gasteiger partial charge in [-0.05, 0) is 45.6 Å². The van der Waals surface area contributed by atoms with Gasteiger partial charge in [0.05, 0.1) is 4.47 Å². The predicted octanol–water partition coefficient (Wildman–Crippen LogP) is 3.43. The van der Waals surface area contributed by atoms with Crippen LogP contribution in [0.25, 0.3) is 0 Å². The van der Waals surface area contributed by atoms with Crippen LogP contribution in [-0.4, -0.2) is 5.24 Å². The van der Waals surface area contributed by atoms with Gasteiger partial charge in [-0.25, -0.2) is 8.78 Å². The van der Waals surface area contributed by atoms with E-state index in [1.165, 1.54) is 6.07 Å². The van der Waals surface area contributed by atoms with Gasteiger partial charge < -0.3 is 0 Å². The van der Waals surface area contributed by atoms with Gasteiger partial charge in [-0.1, -0.05) is 6.07 Å². The van der Waals surface area contributed by atoms with Crippen LogP contribution in [0.15, 0.2) is 16.6 Å². The Kier molecular flexibility index (Phi) is 4.01. The van der Waals surface area contributed by atoms with Crippen LogP contribution in [-0.2, 0) is 11.2 Å². The summed E-state index contributed by atoms with van der Waals surface area (Å²) in [5.74, 6) is -1.34. The molecule has 1 aromatic carbocycles. The fraction of sp³-hybridized carbons (Fsp3) is 0.222. The maximum atomic E-state index is 13.3. The van der Waals surface area contributed by atoms with E-state index in [2.05, 4.69) is 15.9 Å².